The van der Waals surface area contributed by atoms with Gasteiger partial charge in [-0.05, 0) is 5.92 Å². The molecule has 0 aliphatic carbocycles. The van der Waals surface area contributed by atoms with Crippen LogP contribution in [-0.4, -0.2) is 23.9 Å². The highest BCUT2D eigenvalue weighted by atomic mass is 16.5. The van der Waals surface area contributed by atoms with Crippen LogP contribution in [0.3, 0.4) is 0 Å². The van der Waals surface area contributed by atoms with Gasteiger partial charge in [-0.15, -0.1) is 0 Å². The average molecular weight is 130 g/mol. The monoisotopic (exact) mass is 130 g/mol. The van der Waals surface area contributed by atoms with Crippen LogP contribution in [0.4, 0.5) is 0 Å². The summed E-state index contributed by atoms with van der Waals surface area (Å²) in [6, 6.07) is 0. The van der Waals surface area contributed by atoms with Crippen LogP contribution in [0.2, 0.25) is 0 Å². The molecule has 1 saturated heterocycles. The van der Waals surface area contributed by atoms with Gasteiger partial charge in [0.05, 0.1) is 12.2 Å². The highest BCUT2D eigenvalue weighted by molar-refractivity contribution is 4.85. The Hall–Kier alpha value is -0.0800. The van der Waals surface area contributed by atoms with Crippen molar-refractivity contribution in [2.24, 2.45) is 5.92 Å². The first kappa shape index (κ1) is 7.03. The van der Waals surface area contributed by atoms with Crippen LogP contribution in [-0.2, 0) is 4.74 Å². The zero-order chi connectivity index (χ0) is 6.91. The quantitative estimate of drug-likeness (QED) is 0.568. The molecule has 1 unspecified atom stereocenters. The van der Waals surface area contributed by atoms with Gasteiger partial charge in [0.25, 0.3) is 0 Å². The third-order valence-electron chi connectivity index (χ3n) is 2.11. The Morgan fingerprint density at radius 3 is 2.44 bits per heavy atom. The van der Waals surface area contributed by atoms with Crippen molar-refractivity contribution in [3.05, 3.63) is 0 Å². The minimum Gasteiger partial charge on any atom is -0.387 e. The van der Waals surface area contributed by atoms with Crippen LogP contribution >= 0.6 is 0 Å². The van der Waals surface area contributed by atoms with Crippen molar-refractivity contribution in [3.8, 4) is 0 Å². The molecule has 0 amide bonds. The molecular weight excluding hydrogens is 116 g/mol. The van der Waals surface area contributed by atoms with E-state index >= 15 is 0 Å². The van der Waals surface area contributed by atoms with Gasteiger partial charge in [-0.1, -0.05) is 13.8 Å². The van der Waals surface area contributed by atoms with Crippen LogP contribution in [0.15, 0.2) is 0 Å². The molecule has 0 aromatic heterocycles. The second kappa shape index (κ2) is 2.27. The molecule has 1 fully saturated rings. The van der Waals surface area contributed by atoms with Gasteiger partial charge in [0.15, 0.2) is 0 Å². The van der Waals surface area contributed by atoms with E-state index in [1.165, 1.54) is 0 Å². The topological polar surface area (TPSA) is 29.5 Å². The Bertz CT molecular complexity index is 93.1. The highest BCUT2D eigenvalue weighted by Crippen LogP contribution is 2.26. The molecule has 0 aromatic carbocycles. The molecule has 0 saturated carbocycles. The molecule has 0 bridgehead atoms. The van der Waals surface area contributed by atoms with Gasteiger partial charge < -0.3 is 9.84 Å². The maximum absolute atomic E-state index is 9.64. The van der Waals surface area contributed by atoms with E-state index in [0.29, 0.717) is 19.1 Å². The largest absolute Gasteiger partial charge is 0.387 e. The van der Waals surface area contributed by atoms with E-state index < -0.39 is 5.60 Å². The van der Waals surface area contributed by atoms with Crippen molar-refractivity contribution in [1.82, 2.24) is 0 Å². The van der Waals surface area contributed by atoms with Crippen LogP contribution in [0, 0.1) is 5.92 Å². The summed E-state index contributed by atoms with van der Waals surface area (Å²) in [4.78, 5) is 0. The van der Waals surface area contributed by atoms with Gasteiger partial charge in [0, 0.05) is 13.0 Å². The third-order valence-corrected chi connectivity index (χ3v) is 2.11. The Balaban J connectivity index is 2.51. The summed E-state index contributed by atoms with van der Waals surface area (Å²) < 4.78 is 5.07. The molecule has 0 aromatic rings. The van der Waals surface area contributed by atoms with Gasteiger partial charge in [-0.3, -0.25) is 0 Å². The SMILES string of the molecule is CC(C)C1(O)CCOC1. The lowest BCUT2D eigenvalue weighted by Crippen LogP contribution is -2.34. The number of hydrogen-bond acceptors (Lipinski definition) is 2. The predicted molar refractivity (Wildman–Crippen MR) is 35.2 cm³/mol. The molecule has 1 heterocycles. The minimum absolute atomic E-state index is 0.319. The first-order chi connectivity index (χ1) is 4.15. The van der Waals surface area contributed by atoms with Crippen molar-refractivity contribution < 1.29 is 9.84 Å². The molecule has 54 valence electrons. The predicted octanol–water partition coefficient (Wildman–Crippen LogP) is 0.794. The Morgan fingerprint density at radius 1 is 1.56 bits per heavy atom. The summed E-state index contributed by atoms with van der Waals surface area (Å²) in [6.07, 6.45) is 0.796. The van der Waals surface area contributed by atoms with Crippen LogP contribution < -0.4 is 0 Å². The van der Waals surface area contributed by atoms with Crippen LogP contribution in [0.5, 0.6) is 0 Å². The van der Waals surface area contributed by atoms with E-state index in [1.54, 1.807) is 0 Å². The van der Waals surface area contributed by atoms with E-state index in [2.05, 4.69) is 0 Å². The average Bonchev–Trinajstić information content (AvgIpc) is 2.16. The molecule has 2 heteroatoms. The van der Waals surface area contributed by atoms with Gasteiger partial charge in [-0.25, -0.2) is 0 Å². The van der Waals surface area contributed by atoms with E-state index in [1.807, 2.05) is 13.8 Å². The zero-order valence-electron chi connectivity index (χ0n) is 6.05. The van der Waals surface area contributed by atoms with Gasteiger partial charge in [0.2, 0.25) is 0 Å². The van der Waals surface area contributed by atoms with E-state index in [-0.39, 0.29) is 0 Å². The van der Waals surface area contributed by atoms with Crippen molar-refractivity contribution >= 4 is 0 Å². The molecule has 1 aliphatic heterocycles. The van der Waals surface area contributed by atoms with Crippen LogP contribution in [0.1, 0.15) is 20.3 Å². The van der Waals surface area contributed by atoms with Crippen molar-refractivity contribution in [3.63, 3.8) is 0 Å². The molecular formula is C7H14O2. The van der Waals surface area contributed by atoms with Crippen LogP contribution in [0.25, 0.3) is 0 Å². The normalized spacial score (nSPS) is 36.0. The van der Waals surface area contributed by atoms with E-state index in [4.69, 9.17) is 4.74 Å². The van der Waals surface area contributed by atoms with Crippen molar-refractivity contribution in [2.45, 2.75) is 25.9 Å². The molecule has 0 spiro atoms. The summed E-state index contributed by atoms with van der Waals surface area (Å²) in [5.41, 5.74) is -0.528. The van der Waals surface area contributed by atoms with E-state index in [9.17, 15) is 5.11 Å². The Morgan fingerprint density at radius 2 is 2.22 bits per heavy atom. The number of hydrogen-bond donors (Lipinski definition) is 1. The number of rotatable bonds is 1. The maximum Gasteiger partial charge on any atom is 0.0924 e. The Kier molecular flexibility index (Phi) is 1.78. The summed E-state index contributed by atoms with van der Waals surface area (Å²) in [5, 5.41) is 9.64. The highest BCUT2D eigenvalue weighted by Gasteiger charge is 2.35. The van der Waals surface area contributed by atoms with Gasteiger partial charge >= 0.3 is 0 Å². The number of aliphatic hydroxyl groups is 1. The van der Waals surface area contributed by atoms with Crippen molar-refractivity contribution in [1.29, 1.82) is 0 Å². The molecule has 1 atom stereocenters. The molecule has 1 N–H and O–H groups in total. The smallest absolute Gasteiger partial charge is 0.0924 e. The molecule has 9 heavy (non-hydrogen) atoms. The summed E-state index contributed by atoms with van der Waals surface area (Å²) in [6.45, 7) is 5.28. The first-order valence-electron chi connectivity index (χ1n) is 3.45. The standard InChI is InChI=1S/C7H14O2/c1-6(2)7(8)3-4-9-5-7/h6,8H,3-5H2,1-2H3. The van der Waals surface area contributed by atoms with Gasteiger partial charge in [0.1, 0.15) is 0 Å². The fourth-order valence-corrected chi connectivity index (χ4v) is 1.03. The molecule has 0 radical (unpaired) electrons. The van der Waals surface area contributed by atoms with Gasteiger partial charge in [-0.2, -0.15) is 0 Å². The fraction of sp³-hybridized carbons (Fsp3) is 1.00. The van der Waals surface area contributed by atoms with E-state index in [0.717, 1.165) is 6.42 Å². The number of ether oxygens (including phenoxy) is 1. The lowest BCUT2D eigenvalue weighted by molar-refractivity contribution is -0.0125. The third kappa shape index (κ3) is 1.25. The first-order valence-corrected chi connectivity index (χ1v) is 3.45. The second-order valence-corrected chi connectivity index (χ2v) is 3.06. The summed E-state index contributed by atoms with van der Waals surface area (Å²) in [5.74, 6) is 0.319. The zero-order valence-corrected chi connectivity index (χ0v) is 6.05. The lowest BCUT2D eigenvalue weighted by Gasteiger charge is -2.24. The fourth-order valence-electron chi connectivity index (χ4n) is 1.03. The molecule has 1 rings (SSSR count). The summed E-state index contributed by atoms with van der Waals surface area (Å²) in [7, 11) is 0. The summed E-state index contributed by atoms with van der Waals surface area (Å²) >= 11 is 0. The molecule has 2 nitrogen and oxygen atoms in total. The Labute approximate surface area is 55.8 Å². The minimum atomic E-state index is -0.528. The lowest BCUT2D eigenvalue weighted by atomic mass is 9.90. The molecule has 1 aliphatic rings. The maximum atomic E-state index is 9.64. The second-order valence-electron chi connectivity index (χ2n) is 3.06. The van der Waals surface area contributed by atoms with Crippen molar-refractivity contribution in [2.75, 3.05) is 13.2 Å².